The van der Waals surface area contributed by atoms with Crippen LogP contribution in [0.1, 0.15) is 12.5 Å². The lowest BCUT2D eigenvalue weighted by Crippen LogP contribution is -2.25. The Bertz CT molecular complexity index is 956. The second-order valence-electron chi connectivity index (χ2n) is 4.66. The summed E-state index contributed by atoms with van der Waals surface area (Å²) in [6.07, 6.45) is 0. The topological polar surface area (TPSA) is 101 Å². The number of rotatable bonds is 4. The van der Waals surface area contributed by atoms with E-state index < -0.39 is 11.6 Å². The maximum absolute atomic E-state index is 14.0. The number of nitrogens with zero attached hydrogens (tertiary/aromatic N) is 7. The van der Waals surface area contributed by atoms with Crippen LogP contribution in [0.5, 0.6) is 5.75 Å². The third-order valence-corrected chi connectivity index (χ3v) is 3.10. The van der Waals surface area contributed by atoms with E-state index in [4.69, 9.17) is 6.11 Å². The second-order valence-corrected chi connectivity index (χ2v) is 4.66. The summed E-state index contributed by atoms with van der Waals surface area (Å²) in [4.78, 5) is 11.9. The standard InChI is InChI=1S/C13H12FN7O2/c1-8-5-3-4-6-10(8)23-7-9-11(14)15-17-16-12(9)21-13(22)20(2)18-19-21/h3-6H,7H2,1-2H3/i3T. The van der Waals surface area contributed by atoms with Gasteiger partial charge in [0.15, 0.2) is 5.82 Å². The van der Waals surface area contributed by atoms with Crippen LogP contribution in [0.4, 0.5) is 4.39 Å². The average Bonchev–Trinajstić information content (AvgIpc) is 2.87. The maximum atomic E-state index is 14.0. The van der Waals surface area contributed by atoms with Gasteiger partial charge >= 0.3 is 5.69 Å². The zero-order valence-electron chi connectivity index (χ0n) is 13.3. The van der Waals surface area contributed by atoms with Crippen LogP contribution in [0, 0.1) is 12.9 Å². The van der Waals surface area contributed by atoms with Gasteiger partial charge in [-0.2, -0.15) is 9.07 Å². The van der Waals surface area contributed by atoms with Crippen molar-refractivity contribution in [2.24, 2.45) is 7.05 Å². The highest BCUT2D eigenvalue weighted by Crippen LogP contribution is 2.19. The van der Waals surface area contributed by atoms with Gasteiger partial charge in [-0.15, -0.1) is 9.78 Å². The Morgan fingerprint density at radius 2 is 2.17 bits per heavy atom. The lowest BCUT2D eigenvalue weighted by molar-refractivity contribution is 0.292. The second kappa shape index (κ2) is 5.91. The third kappa shape index (κ3) is 2.78. The van der Waals surface area contributed by atoms with E-state index in [9.17, 15) is 9.18 Å². The fourth-order valence-electron chi connectivity index (χ4n) is 1.87. The molecule has 10 heteroatoms. The van der Waals surface area contributed by atoms with Crippen molar-refractivity contribution in [1.82, 2.24) is 35.2 Å². The Labute approximate surface area is 130 Å². The summed E-state index contributed by atoms with van der Waals surface area (Å²) < 4.78 is 28.9. The molecule has 0 aliphatic rings. The van der Waals surface area contributed by atoms with Gasteiger partial charge in [0.25, 0.3) is 0 Å². The molecule has 0 aliphatic heterocycles. The average molecular weight is 319 g/mol. The van der Waals surface area contributed by atoms with E-state index in [1.165, 1.54) is 7.05 Å². The van der Waals surface area contributed by atoms with E-state index >= 15 is 0 Å². The number of halogens is 1. The fourth-order valence-corrected chi connectivity index (χ4v) is 1.87. The van der Waals surface area contributed by atoms with Gasteiger partial charge in [0.1, 0.15) is 12.4 Å². The molecular formula is C13H12FN7O2. The molecule has 23 heavy (non-hydrogen) atoms. The van der Waals surface area contributed by atoms with Crippen molar-refractivity contribution in [3.05, 3.63) is 51.8 Å². The Morgan fingerprint density at radius 1 is 1.35 bits per heavy atom. The van der Waals surface area contributed by atoms with E-state index in [-0.39, 0.29) is 18.0 Å². The highest BCUT2D eigenvalue weighted by atomic mass is 19.1. The molecule has 0 amide bonds. The molecule has 1 aromatic carbocycles. The predicted molar refractivity (Wildman–Crippen MR) is 75.5 cm³/mol. The molecular weight excluding hydrogens is 305 g/mol. The first-order valence-corrected chi connectivity index (χ1v) is 6.54. The molecule has 118 valence electrons. The molecule has 3 aromatic rings. The molecule has 2 heterocycles. The Hall–Kier alpha value is -3.17. The summed E-state index contributed by atoms with van der Waals surface area (Å²) in [6.45, 7) is 1.52. The Morgan fingerprint density at radius 3 is 2.87 bits per heavy atom. The van der Waals surface area contributed by atoms with E-state index in [0.29, 0.717) is 11.8 Å². The van der Waals surface area contributed by atoms with E-state index in [0.717, 1.165) is 14.9 Å². The summed E-state index contributed by atoms with van der Waals surface area (Å²) in [7, 11) is 1.40. The molecule has 0 N–H and O–H groups in total. The fraction of sp³-hybridized carbons (Fsp3) is 0.231. The first-order valence-electron chi connectivity index (χ1n) is 7.04. The van der Waals surface area contributed by atoms with Crippen LogP contribution in [0.2, 0.25) is 0 Å². The van der Waals surface area contributed by atoms with E-state index in [1.807, 2.05) is 0 Å². The minimum Gasteiger partial charge on any atom is -0.488 e. The number of ether oxygens (including phenoxy) is 1. The highest BCUT2D eigenvalue weighted by Gasteiger charge is 2.19. The minimum absolute atomic E-state index is 0.0815. The monoisotopic (exact) mass is 319 g/mol. The van der Waals surface area contributed by atoms with E-state index in [2.05, 4.69) is 25.8 Å². The number of tetrazole rings is 1. The minimum atomic E-state index is -0.924. The Balaban J connectivity index is 1.96. The highest BCUT2D eigenvalue weighted by molar-refractivity contribution is 5.33. The normalized spacial score (nSPS) is 11.3. The largest absolute Gasteiger partial charge is 0.488 e. The first kappa shape index (κ1) is 13.5. The van der Waals surface area contributed by atoms with Crippen LogP contribution in [0.15, 0.2) is 29.0 Å². The quantitative estimate of drug-likeness (QED) is 0.676. The van der Waals surface area contributed by atoms with Crippen LogP contribution >= 0.6 is 0 Å². The molecule has 0 bridgehead atoms. The lowest BCUT2D eigenvalue weighted by atomic mass is 10.2. The van der Waals surface area contributed by atoms with Gasteiger partial charge < -0.3 is 4.74 Å². The smallest absolute Gasteiger partial charge is 0.369 e. The molecule has 0 radical (unpaired) electrons. The number of para-hydroxylation sites is 1. The molecule has 0 saturated carbocycles. The summed E-state index contributed by atoms with van der Waals surface area (Å²) >= 11 is 0. The third-order valence-electron chi connectivity index (χ3n) is 3.10. The number of hydrogen-bond donors (Lipinski definition) is 0. The van der Waals surface area contributed by atoms with E-state index in [1.54, 1.807) is 25.1 Å². The van der Waals surface area contributed by atoms with Crippen LogP contribution in [0.25, 0.3) is 5.82 Å². The molecule has 3 rings (SSSR count). The molecule has 0 saturated heterocycles. The summed E-state index contributed by atoms with van der Waals surface area (Å²) in [5, 5.41) is 17.3. The lowest BCUT2D eigenvalue weighted by Gasteiger charge is -2.10. The van der Waals surface area contributed by atoms with Gasteiger partial charge in [0.2, 0.25) is 5.95 Å². The molecule has 0 fully saturated rings. The SMILES string of the molecule is [3H]c1ccc(OCc2c(F)nnnc2-n2nnn(C)c2=O)c(C)c1. The molecule has 2 aromatic heterocycles. The zero-order chi connectivity index (χ0) is 17.3. The van der Waals surface area contributed by atoms with Gasteiger partial charge in [-0.05, 0) is 34.2 Å². The van der Waals surface area contributed by atoms with Crippen LogP contribution in [0.3, 0.4) is 0 Å². The predicted octanol–water partition coefficient (Wildman–Crippen LogP) is 0.178. The summed E-state index contributed by atoms with van der Waals surface area (Å²) in [6, 6.07) is 5.11. The molecule has 9 nitrogen and oxygen atoms in total. The number of aromatic nitrogens is 7. The summed E-state index contributed by atoms with van der Waals surface area (Å²) in [5.41, 5.74) is 0.0314. The number of benzene rings is 1. The Kier molecular flexibility index (Phi) is 3.47. The van der Waals surface area contributed by atoms with Crippen molar-refractivity contribution < 1.29 is 10.5 Å². The van der Waals surface area contributed by atoms with Gasteiger partial charge in [-0.3, -0.25) is 0 Å². The molecule has 0 unspecified atom stereocenters. The maximum Gasteiger partial charge on any atom is 0.369 e. The van der Waals surface area contributed by atoms with Crippen molar-refractivity contribution in [3.63, 3.8) is 0 Å². The van der Waals surface area contributed by atoms with Crippen molar-refractivity contribution in [2.45, 2.75) is 13.5 Å². The van der Waals surface area contributed by atoms with Crippen LogP contribution in [-0.4, -0.2) is 35.2 Å². The van der Waals surface area contributed by atoms with Crippen molar-refractivity contribution in [3.8, 4) is 11.6 Å². The molecule has 0 spiro atoms. The van der Waals surface area contributed by atoms with Crippen LogP contribution < -0.4 is 10.4 Å². The van der Waals surface area contributed by atoms with Gasteiger partial charge in [0, 0.05) is 7.05 Å². The van der Waals surface area contributed by atoms with Crippen molar-refractivity contribution >= 4 is 0 Å². The zero-order valence-corrected chi connectivity index (χ0v) is 12.3. The van der Waals surface area contributed by atoms with Crippen molar-refractivity contribution in [1.29, 1.82) is 0 Å². The number of hydrogen-bond acceptors (Lipinski definition) is 7. The van der Waals surface area contributed by atoms with Gasteiger partial charge in [0.05, 0.1) is 6.93 Å². The molecule has 0 atom stereocenters. The number of aryl methyl sites for hydroxylation is 2. The first-order chi connectivity index (χ1) is 11.5. The van der Waals surface area contributed by atoms with Crippen molar-refractivity contribution in [2.75, 3.05) is 0 Å². The summed E-state index contributed by atoms with van der Waals surface area (Å²) in [5.74, 6) is -0.595. The van der Waals surface area contributed by atoms with Gasteiger partial charge in [-0.1, -0.05) is 23.3 Å². The molecule has 0 aliphatic carbocycles. The van der Waals surface area contributed by atoms with Crippen LogP contribution in [-0.2, 0) is 13.7 Å². The van der Waals surface area contributed by atoms with Gasteiger partial charge in [-0.25, -0.2) is 4.79 Å².